The lowest BCUT2D eigenvalue weighted by Gasteiger charge is -2.34. The summed E-state index contributed by atoms with van der Waals surface area (Å²) >= 11 is 0. The molecule has 1 aliphatic heterocycles. The zero-order valence-electron chi connectivity index (χ0n) is 14.5. The van der Waals surface area contributed by atoms with Crippen LogP contribution in [0.15, 0.2) is 42.6 Å². The van der Waals surface area contributed by atoms with E-state index in [0.29, 0.717) is 12.1 Å². The first-order valence-corrected chi connectivity index (χ1v) is 8.44. The molecule has 2 aromatic rings. The van der Waals surface area contributed by atoms with Crippen molar-refractivity contribution in [3.05, 3.63) is 53.7 Å². The van der Waals surface area contributed by atoms with Crippen molar-refractivity contribution in [1.82, 2.24) is 9.88 Å². The van der Waals surface area contributed by atoms with Crippen molar-refractivity contribution in [3.63, 3.8) is 0 Å². The largest absolute Gasteiger partial charge is 0.388 e. The molecule has 4 heteroatoms. The molecule has 3 rings (SSSR count). The number of carbonyl (C=O) groups is 1. The summed E-state index contributed by atoms with van der Waals surface area (Å²) in [5.41, 5.74) is 2.57. The lowest BCUT2D eigenvalue weighted by atomic mass is 9.95. The lowest BCUT2D eigenvalue weighted by molar-refractivity contribution is 0.000307. The highest BCUT2D eigenvalue weighted by Crippen LogP contribution is 2.30. The number of rotatable bonds is 3. The predicted octanol–water partition coefficient (Wildman–Crippen LogP) is 3.43. The van der Waals surface area contributed by atoms with Gasteiger partial charge in [0.1, 0.15) is 0 Å². The van der Waals surface area contributed by atoms with Gasteiger partial charge in [-0.1, -0.05) is 18.2 Å². The van der Waals surface area contributed by atoms with Crippen LogP contribution in [-0.4, -0.2) is 39.1 Å². The zero-order valence-corrected chi connectivity index (χ0v) is 14.5. The molecule has 126 valence electrons. The van der Waals surface area contributed by atoms with Crippen molar-refractivity contribution < 1.29 is 9.90 Å². The Bertz CT molecular complexity index is 735. The molecule has 0 saturated carbocycles. The third-order valence-corrected chi connectivity index (χ3v) is 4.83. The molecule has 1 aromatic heterocycles. The van der Waals surface area contributed by atoms with Crippen molar-refractivity contribution in [3.8, 4) is 11.3 Å². The molecule has 1 aromatic carbocycles. The Balaban J connectivity index is 1.97. The summed E-state index contributed by atoms with van der Waals surface area (Å²) in [6, 6.07) is 11.4. The van der Waals surface area contributed by atoms with Gasteiger partial charge < -0.3 is 10.0 Å². The van der Waals surface area contributed by atoms with Gasteiger partial charge in [-0.05, 0) is 57.4 Å². The smallest absolute Gasteiger partial charge is 0.254 e. The average molecular weight is 324 g/mol. The Morgan fingerprint density at radius 3 is 2.71 bits per heavy atom. The fraction of sp³-hybridized carbons (Fsp3) is 0.400. The van der Waals surface area contributed by atoms with Crippen molar-refractivity contribution in [2.45, 2.75) is 45.3 Å². The van der Waals surface area contributed by atoms with E-state index in [9.17, 15) is 9.90 Å². The molecule has 0 spiro atoms. The summed E-state index contributed by atoms with van der Waals surface area (Å²) in [5, 5.41) is 10.4. The summed E-state index contributed by atoms with van der Waals surface area (Å²) in [6.07, 6.45) is 3.53. The number of aromatic nitrogens is 1. The number of pyridine rings is 1. The van der Waals surface area contributed by atoms with Crippen LogP contribution in [0.5, 0.6) is 0 Å². The lowest BCUT2D eigenvalue weighted by Crippen LogP contribution is -2.48. The molecule has 1 saturated heterocycles. The first-order valence-electron chi connectivity index (χ1n) is 8.44. The predicted molar refractivity (Wildman–Crippen MR) is 94.8 cm³/mol. The maximum Gasteiger partial charge on any atom is 0.254 e. The van der Waals surface area contributed by atoms with E-state index in [0.717, 1.165) is 29.7 Å². The van der Waals surface area contributed by atoms with Crippen LogP contribution in [0.3, 0.4) is 0 Å². The van der Waals surface area contributed by atoms with Gasteiger partial charge in [-0.3, -0.25) is 9.78 Å². The average Bonchev–Trinajstić information content (AvgIpc) is 3.05. The van der Waals surface area contributed by atoms with Crippen molar-refractivity contribution in [2.24, 2.45) is 0 Å². The second-order valence-corrected chi connectivity index (χ2v) is 7.00. The molecule has 0 bridgehead atoms. The molecular formula is C20H24N2O2. The van der Waals surface area contributed by atoms with Gasteiger partial charge in [0.2, 0.25) is 0 Å². The Morgan fingerprint density at radius 1 is 1.25 bits per heavy atom. The number of amides is 1. The summed E-state index contributed by atoms with van der Waals surface area (Å²) in [4.78, 5) is 19.3. The number of carbonyl (C=O) groups excluding carboxylic acids is 1. The van der Waals surface area contributed by atoms with Gasteiger partial charge >= 0.3 is 0 Å². The Hall–Kier alpha value is -2.20. The fourth-order valence-electron chi connectivity index (χ4n) is 3.57. The van der Waals surface area contributed by atoms with Gasteiger partial charge in [0, 0.05) is 23.9 Å². The second kappa shape index (κ2) is 6.36. The molecule has 4 nitrogen and oxygen atoms in total. The van der Waals surface area contributed by atoms with Crippen LogP contribution in [0, 0.1) is 6.92 Å². The van der Waals surface area contributed by atoms with E-state index in [1.807, 2.05) is 48.2 Å². The van der Waals surface area contributed by atoms with Gasteiger partial charge in [-0.15, -0.1) is 0 Å². The summed E-state index contributed by atoms with van der Waals surface area (Å²) in [5.74, 6) is -0.00472. The van der Waals surface area contributed by atoms with Crippen LogP contribution < -0.4 is 0 Å². The van der Waals surface area contributed by atoms with E-state index in [2.05, 4.69) is 4.98 Å². The van der Waals surface area contributed by atoms with E-state index in [-0.39, 0.29) is 11.9 Å². The molecule has 1 N–H and O–H groups in total. The van der Waals surface area contributed by atoms with Crippen LogP contribution in [0.1, 0.15) is 42.6 Å². The van der Waals surface area contributed by atoms with E-state index in [1.54, 1.807) is 20.0 Å². The topological polar surface area (TPSA) is 53.4 Å². The molecule has 0 radical (unpaired) electrons. The van der Waals surface area contributed by atoms with Gasteiger partial charge in [-0.25, -0.2) is 0 Å². The molecule has 1 unspecified atom stereocenters. The maximum absolute atomic E-state index is 13.1. The zero-order chi connectivity index (χ0) is 17.3. The highest BCUT2D eigenvalue weighted by molar-refractivity contribution is 5.97. The number of aliphatic hydroxyl groups is 1. The first kappa shape index (κ1) is 16.7. The van der Waals surface area contributed by atoms with Gasteiger partial charge in [0.15, 0.2) is 0 Å². The number of hydrogen-bond donors (Lipinski definition) is 1. The SMILES string of the molecule is Cc1c(C(=O)N2CCCC2C(C)(C)O)cccc1-c1ccccn1. The molecule has 1 atom stereocenters. The van der Waals surface area contributed by atoms with Crippen LogP contribution >= 0.6 is 0 Å². The number of nitrogens with zero attached hydrogens (tertiary/aromatic N) is 2. The van der Waals surface area contributed by atoms with Crippen molar-refractivity contribution in [2.75, 3.05) is 6.54 Å². The van der Waals surface area contributed by atoms with Crippen molar-refractivity contribution >= 4 is 5.91 Å². The summed E-state index contributed by atoms with van der Waals surface area (Å²) in [6.45, 7) is 6.22. The third-order valence-electron chi connectivity index (χ3n) is 4.83. The Kier molecular flexibility index (Phi) is 4.41. The molecular weight excluding hydrogens is 300 g/mol. The first-order chi connectivity index (χ1) is 11.4. The quantitative estimate of drug-likeness (QED) is 0.941. The molecule has 0 aliphatic carbocycles. The standard InChI is InChI=1S/C20H24N2O2/c1-14-15(17-10-4-5-12-21-17)8-6-9-16(14)19(23)22-13-7-11-18(22)20(2,3)24/h4-6,8-10,12,18,24H,7,11,13H2,1-3H3. The molecule has 1 fully saturated rings. The number of likely N-dealkylation sites (tertiary alicyclic amines) is 1. The van der Waals surface area contributed by atoms with E-state index in [4.69, 9.17) is 0 Å². The van der Waals surface area contributed by atoms with Crippen molar-refractivity contribution in [1.29, 1.82) is 0 Å². The summed E-state index contributed by atoms with van der Waals surface area (Å²) < 4.78 is 0. The van der Waals surface area contributed by atoms with E-state index >= 15 is 0 Å². The fourth-order valence-corrected chi connectivity index (χ4v) is 3.57. The second-order valence-electron chi connectivity index (χ2n) is 7.00. The van der Waals surface area contributed by atoms with Crippen LogP contribution in [0.4, 0.5) is 0 Å². The normalized spacial score (nSPS) is 18.0. The maximum atomic E-state index is 13.1. The van der Waals surface area contributed by atoms with Crippen LogP contribution in [0.2, 0.25) is 0 Å². The van der Waals surface area contributed by atoms with E-state index < -0.39 is 5.60 Å². The molecule has 1 amide bonds. The molecule has 2 heterocycles. The molecule has 1 aliphatic rings. The minimum atomic E-state index is -0.890. The summed E-state index contributed by atoms with van der Waals surface area (Å²) in [7, 11) is 0. The highest BCUT2D eigenvalue weighted by atomic mass is 16.3. The Labute approximate surface area is 143 Å². The van der Waals surface area contributed by atoms with Gasteiger partial charge in [0.05, 0.1) is 17.3 Å². The Morgan fingerprint density at radius 2 is 2.04 bits per heavy atom. The van der Waals surface area contributed by atoms with Crippen LogP contribution in [-0.2, 0) is 0 Å². The molecule has 24 heavy (non-hydrogen) atoms. The van der Waals surface area contributed by atoms with Crippen LogP contribution in [0.25, 0.3) is 11.3 Å². The number of hydrogen-bond acceptors (Lipinski definition) is 3. The minimum absolute atomic E-state index is 0.00472. The monoisotopic (exact) mass is 324 g/mol. The van der Waals surface area contributed by atoms with E-state index in [1.165, 1.54) is 0 Å². The minimum Gasteiger partial charge on any atom is -0.388 e. The number of benzene rings is 1. The highest BCUT2D eigenvalue weighted by Gasteiger charge is 2.39. The van der Waals surface area contributed by atoms with Gasteiger partial charge in [0.25, 0.3) is 5.91 Å². The third kappa shape index (κ3) is 3.06. The van der Waals surface area contributed by atoms with Gasteiger partial charge in [-0.2, -0.15) is 0 Å².